The van der Waals surface area contributed by atoms with Gasteiger partial charge in [-0.25, -0.2) is 0 Å². The zero-order valence-corrected chi connectivity index (χ0v) is 16.0. The van der Waals surface area contributed by atoms with Crippen LogP contribution in [0.1, 0.15) is 18.1 Å². The number of nitrogens with one attached hydrogen (secondary N) is 1. The molecule has 5 heteroatoms. The minimum absolute atomic E-state index is 0.0267. The molecular formula is C21H27N3O2. The fraction of sp³-hybridized carbons (Fsp3) is 0.333. The number of benzene rings is 2. The number of anilines is 2. The van der Waals surface area contributed by atoms with E-state index in [4.69, 9.17) is 0 Å². The van der Waals surface area contributed by atoms with E-state index in [9.17, 15) is 9.59 Å². The second-order valence-corrected chi connectivity index (χ2v) is 6.41. The van der Waals surface area contributed by atoms with Crippen molar-refractivity contribution in [1.29, 1.82) is 0 Å². The summed E-state index contributed by atoms with van der Waals surface area (Å²) in [7, 11) is 1.66. The van der Waals surface area contributed by atoms with Crippen LogP contribution in [-0.2, 0) is 9.59 Å². The SMILES string of the molecule is CCN(CC(=O)N(C)CC(=O)Nc1c(C)cccc1C)c1ccccc1. The highest BCUT2D eigenvalue weighted by Gasteiger charge is 2.17. The Morgan fingerprint density at radius 1 is 0.923 bits per heavy atom. The van der Waals surface area contributed by atoms with E-state index in [1.165, 1.54) is 4.90 Å². The summed E-state index contributed by atoms with van der Waals surface area (Å²) in [5, 5.41) is 2.92. The second kappa shape index (κ2) is 9.04. The van der Waals surface area contributed by atoms with Crippen LogP contribution >= 0.6 is 0 Å². The average Bonchev–Trinajstić information content (AvgIpc) is 2.63. The molecule has 138 valence electrons. The first-order chi connectivity index (χ1) is 12.4. The molecule has 0 aliphatic carbocycles. The lowest BCUT2D eigenvalue weighted by atomic mass is 10.1. The Morgan fingerprint density at radius 2 is 1.54 bits per heavy atom. The van der Waals surface area contributed by atoms with Crippen molar-refractivity contribution in [3.05, 3.63) is 59.7 Å². The van der Waals surface area contributed by atoms with E-state index in [0.717, 1.165) is 29.0 Å². The number of para-hydroxylation sites is 2. The maximum atomic E-state index is 12.5. The molecule has 0 aromatic heterocycles. The Balaban J connectivity index is 1.94. The summed E-state index contributed by atoms with van der Waals surface area (Å²) in [6.45, 7) is 6.91. The van der Waals surface area contributed by atoms with Crippen LogP contribution in [0.3, 0.4) is 0 Å². The van der Waals surface area contributed by atoms with Gasteiger partial charge in [-0.15, -0.1) is 0 Å². The van der Waals surface area contributed by atoms with Crippen molar-refractivity contribution in [3.8, 4) is 0 Å². The molecule has 0 saturated carbocycles. The molecule has 2 rings (SSSR count). The van der Waals surface area contributed by atoms with Gasteiger partial charge in [0.25, 0.3) is 0 Å². The lowest BCUT2D eigenvalue weighted by Crippen LogP contribution is -2.41. The minimum Gasteiger partial charge on any atom is -0.362 e. The molecule has 5 nitrogen and oxygen atoms in total. The number of hydrogen-bond donors (Lipinski definition) is 1. The Bertz CT molecular complexity index is 739. The van der Waals surface area contributed by atoms with E-state index in [2.05, 4.69) is 5.32 Å². The van der Waals surface area contributed by atoms with Crippen molar-refractivity contribution >= 4 is 23.2 Å². The van der Waals surface area contributed by atoms with Crippen molar-refractivity contribution < 1.29 is 9.59 Å². The predicted octanol–water partition coefficient (Wildman–Crippen LogP) is 3.23. The van der Waals surface area contributed by atoms with Gasteiger partial charge in [0.1, 0.15) is 0 Å². The first-order valence-corrected chi connectivity index (χ1v) is 8.82. The molecule has 0 atom stereocenters. The van der Waals surface area contributed by atoms with Crippen LogP contribution in [0.15, 0.2) is 48.5 Å². The maximum absolute atomic E-state index is 12.5. The van der Waals surface area contributed by atoms with Crippen LogP contribution in [0.2, 0.25) is 0 Å². The quantitative estimate of drug-likeness (QED) is 0.831. The number of aryl methyl sites for hydroxylation is 2. The number of hydrogen-bond acceptors (Lipinski definition) is 3. The number of carbonyl (C=O) groups excluding carboxylic acids is 2. The van der Waals surface area contributed by atoms with Gasteiger partial charge in [-0.2, -0.15) is 0 Å². The molecule has 1 N–H and O–H groups in total. The first kappa shape index (κ1) is 19.5. The predicted molar refractivity (Wildman–Crippen MR) is 107 cm³/mol. The highest BCUT2D eigenvalue weighted by atomic mass is 16.2. The third-order valence-corrected chi connectivity index (χ3v) is 4.38. The molecule has 2 aromatic rings. The van der Waals surface area contributed by atoms with Crippen LogP contribution in [0.25, 0.3) is 0 Å². The van der Waals surface area contributed by atoms with Gasteiger partial charge in [-0.1, -0.05) is 36.4 Å². The number of nitrogens with zero attached hydrogens (tertiary/aromatic N) is 2. The first-order valence-electron chi connectivity index (χ1n) is 8.82. The van der Waals surface area contributed by atoms with E-state index in [0.29, 0.717) is 0 Å². The van der Waals surface area contributed by atoms with Crippen LogP contribution in [0.4, 0.5) is 11.4 Å². The van der Waals surface area contributed by atoms with Crippen LogP contribution in [0.5, 0.6) is 0 Å². The van der Waals surface area contributed by atoms with Crippen molar-refractivity contribution in [3.63, 3.8) is 0 Å². The molecule has 2 amide bonds. The Hall–Kier alpha value is -2.82. The smallest absolute Gasteiger partial charge is 0.243 e. The molecule has 0 heterocycles. The fourth-order valence-corrected chi connectivity index (χ4v) is 2.80. The molecule has 0 radical (unpaired) electrons. The topological polar surface area (TPSA) is 52.7 Å². The summed E-state index contributed by atoms with van der Waals surface area (Å²) in [5.41, 5.74) is 3.83. The van der Waals surface area contributed by atoms with E-state index in [1.807, 2.05) is 74.2 Å². The Morgan fingerprint density at radius 3 is 2.12 bits per heavy atom. The summed E-state index contributed by atoms with van der Waals surface area (Å²) in [5.74, 6) is -0.284. The van der Waals surface area contributed by atoms with Gasteiger partial charge in [-0.3, -0.25) is 9.59 Å². The summed E-state index contributed by atoms with van der Waals surface area (Å²) in [6.07, 6.45) is 0. The Labute approximate surface area is 155 Å². The standard InChI is InChI=1S/C21H27N3O2/c1-5-24(18-12-7-6-8-13-18)15-20(26)23(4)14-19(25)22-21-16(2)10-9-11-17(21)3/h6-13H,5,14-15H2,1-4H3,(H,22,25). The van der Waals surface area contributed by atoms with Crippen molar-refractivity contribution in [2.75, 3.05) is 36.9 Å². The molecule has 0 unspecified atom stereocenters. The molecule has 0 spiro atoms. The third kappa shape index (κ3) is 5.09. The fourth-order valence-electron chi connectivity index (χ4n) is 2.80. The molecule has 2 aromatic carbocycles. The summed E-state index contributed by atoms with van der Waals surface area (Å²) in [4.78, 5) is 28.3. The molecule has 0 aliphatic heterocycles. The van der Waals surface area contributed by atoms with Crippen molar-refractivity contribution in [2.24, 2.45) is 0 Å². The average molecular weight is 353 g/mol. The van der Waals surface area contributed by atoms with Gasteiger partial charge in [0.05, 0.1) is 13.1 Å². The van der Waals surface area contributed by atoms with Crippen LogP contribution in [-0.4, -0.2) is 43.4 Å². The number of rotatable bonds is 7. The third-order valence-electron chi connectivity index (χ3n) is 4.38. The van der Waals surface area contributed by atoms with E-state index in [-0.39, 0.29) is 24.9 Å². The van der Waals surface area contributed by atoms with E-state index in [1.54, 1.807) is 7.05 Å². The number of likely N-dealkylation sites (N-methyl/N-ethyl adjacent to an activating group) is 2. The monoisotopic (exact) mass is 353 g/mol. The zero-order chi connectivity index (χ0) is 19.1. The second-order valence-electron chi connectivity index (χ2n) is 6.41. The van der Waals surface area contributed by atoms with Gasteiger partial charge in [0.15, 0.2) is 0 Å². The molecule has 0 saturated heterocycles. The summed E-state index contributed by atoms with van der Waals surface area (Å²) < 4.78 is 0. The summed E-state index contributed by atoms with van der Waals surface area (Å²) in [6, 6.07) is 15.7. The molecule has 0 fully saturated rings. The molecule has 26 heavy (non-hydrogen) atoms. The van der Waals surface area contributed by atoms with Gasteiger partial charge in [0.2, 0.25) is 11.8 Å². The lowest BCUT2D eigenvalue weighted by Gasteiger charge is -2.25. The van der Waals surface area contributed by atoms with Gasteiger partial charge >= 0.3 is 0 Å². The largest absolute Gasteiger partial charge is 0.362 e. The van der Waals surface area contributed by atoms with E-state index < -0.39 is 0 Å². The highest BCUT2D eigenvalue weighted by molar-refractivity contribution is 5.96. The van der Waals surface area contributed by atoms with Gasteiger partial charge in [0, 0.05) is 25.0 Å². The zero-order valence-electron chi connectivity index (χ0n) is 16.0. The lowest BCUT2D eigenvalue weighted by molar-refractivity contribution is -0.132. The van der Waals surface area contributed by atoms with Gasteiger partial charge < -0.3 is 15.1 Å². The van der Waals surface area contributed by atoms with Crippen LogP contribution in [0, 0.1) is 13.8 Å². The summed E-state index contributed by atoms with van der Waals surface area (Å²) >= 11 is 0. The molecule has 0 bridgehead atoms. The van der Waals surface area contributed by atoms with Crippen LogP contribution < -0.4 is 10.2 Å². The minimum atomic E-state index is -0.194. The number of carbonyl (C=O) groups is 2. The highest BCUT2D eigenvalue weighted by Crippen LogP contribution is 2.19. The van der Waals surface area contributed by atoms with Crippen molar-refractivity contribution in [2.45, 2.75) is 20.8 Å². The van der Waals surface area contributed by atoms with Gasteiger partial charge in [-0.05, 0) is 44.0 Å². The van der Waals surface area contributed by atoms with E-state index >= 15 is 0 Å². The molecule has 0 aliphatic rings. The maximum Gasteiger partial charge on any atom is 0.243 e. The normalized spacial score (nSPS) is 10.3. The molecular weight excluding hydrogens is 326 g/mol. The number of amides is 2. The van der Waals surface area contributed by atoms with Crippen molar-refractivity contribution in [1.82, 2.24) is 4.90 Å². The Kier molecular flexibility index (Phi) is 6.78.